The van der Waals surface area contributed by atoms with Crippen molar-refractivity contribution in [1.29, 1.82) is 0 Å². The average molecular weight is 364 g/mol. The van der Waals surface area contributed by atoms with E-state index in [9.17, 15) is 0 Å². The van der Waals surface area contributed by atoms with Gasteiger partial charge in [-0.25, -0.2) is 0 Å². The Morgan fingerprint density at radius 3 is 2.44 bits per heavy atom. The van der Waals surface area contributed by atoms with E-state index in [1.54, 1.807) is 0 Å². The predicted molar refractivity (Wildman–Crippen MR) is 110 cm³/mol. The van der Waals surface area contributed by atoms with Crippen molar-refractivity contribution in [2.24, 2.45) is 4.99 Å². The third-order valence-corrected chi connectivity index (χ3v) is 6.10. The minimum atomic E-state index is 0.230. The molecule has 1 aromatic carbocycles. The lowest BCUT2D eigenvalue weighted by Gasteiger charge is -2.34. The fourth-order valence-electron chi connectivity index (χ4n) is 3.27. The van der Waals surface area contributed by atoms with Gasteiger partial charge >= 0.3 is 0 Å². The van der Waals surface area contributed by atoms with Gasteiger partial charge in [0.2, 0.25) is 0 Å². The molecule has 1 fully saturated rings. The molecule has 1 aromatic rings. The molecule has 0 aromatic heterocycles. The SMILES string of the molecule is CCNC(=NCC1(SC)CCOCC1)NCCc1cc(C)cc(C)c1. The fraction of sp³-hybridized carbons (Fsp3) is 0.650. The van der Waals surface area contributed by atoms with Crippen LogP contribution in [0.1, 0.15) is 36.5 Å². The summed E-state index contributed by atoms with van der Waals surface area (Å²) < 4.78 is 5.75. The van der Waals surface area contributed by atoms with Crippen LogP contribution in [0.3, 0.4) is 0 Å². The molecule has 0 bridgehead atoms. The van der Waals surface area contributed by atoms with Crippen molar-refractivity contribution in [2.75, 3.05) is 39.1 Å². The summed E-state index contributed by atoms with van der Waals surface area (Å²) in [7, 11) is 0. The van der Waals surface area contributed by atoms with Gasteiger partial charge < -0.3 is 15.4 Å². The lowest BCUT2D eigenvalue weighted by molar-refractivity contribution is 0.0794. The molecule has 0 amide bonds. The van der Waals surface area contributed by atoms with Crippen molar-refractivity contribution in [3.63, 3.8) is 0 Å². The van der Waals surface area contributed by atoms with E-state index in [-0.39, 0.29) is 4.75 Å². The van der Waals surface area contributed by atoms with Gasteiger partial charge in [0.05, 0.1) is 6.54 Å². The summed E-state index contributed by atoms with van der Waals surface area (Å²) in [5.41, 5.74) is 4.04. The second-order valence-corrected chi connectivity index (χ2v) is 8.14. The Hall–Kier alpha value is -1.20. The lowest BCUT2D eigenvalue weighted by atomic mass is 9.99. The summed E-state index contributed by atoms with van der Waals surface area (Å²) in [6, 6.07) is 6.76. The van der Waals surface area contributed by atoms with Crippen molar-refractivity contribution in [2.45, 2.75) is 44.8 Å². The standard InChI is InChI=1S/C20H33N3OS/c1-5-21-19(23-15-20(25-4)7-10-24-11-8-20)22-9-6-18-13-16(2)12-17(3)14-18/h12-14H,5-11,15H2,1-4H3,(H2,21,22,23). The monoisotopic (exact) mass is 363 g/mol. The van der Waals surface area contributed by atoms with Gasteiger partial charge in [0.15, 0.2) is 5.96 Å². The molecule has 1 heterocycles. The van der Waals surface area contributed by atoms with Crippen LogP contribution in [0.25, 0.3) is 0 Å². The van der Waals surface area contributed by atoms with Gasteiger partial charge in [-0.05, 0) is 51.9 Å². The summed E-state index contributed by atoms with van der Waals surface area (Å²) in [5.74, 6) is 0.923. The Morgan fingerprint density at radius 2 is 1.84 bits per heavy atom. The predicted octanol–water partition coefficient (Wildman–Crippen LogP) is 3.31. The number of guanidine groups is 1. The van der Waals surface area contributed by atoms with Crippen LogP contribution in [0.4, 0.5) is 0 Å². The van der Waals surface area contributed by atoms with Crippen LogP contribution in [0.15, 0.2) is 23.2 Å². The number of aryl methyl sites for hydroxylation is 2. The summed E-state index contributed by atoms with van der Waals surface area (Å²) in [4.78, 5) is 4.86. The highest BCUT2D eigenvalue weighted by Gasteiger charge is 2.31. The first-order valence-corrected chi connectivity index (χ1v) is 10.5. The number of thioether (sulfide) groups is 1. The molecule has 0 aliphatic carbocycles. The first-order chi connectivity index (χ1) is 12.1. The number of ether oxygens (including phenoxy) is 1. The number of hydrogen-bond donors (Lipinski definition) is 2. The second kappa shape index (κ2) is 10.1. The summed E-state index contributed by atoms with van der Waals surface area (Å²) in [6.45, 7) is 10.8. The van der Waals surface area contributed by atoms with Gasteiger partial charge in [0.1, 0.15) is 0 Å². The number of benzene rings is 1. The minimum Gasteiger partial charge on any atom is -0.381 e. The largest absolute Gasteiger partial charge is 0.381 e. The third kappa shape index (κ3) is 6.55. The Morgan fingerprint density at radius 1 is 1.16 bits per heavy atom. The molecular formula is C20H33N3OS. The van der Waals surface area contributed by atoms with Crippen molar-refractivity contribution < 1.29 is 4.74 Å². The molecule has 5 heteroatoms. The zero-order valence-electron chi connectivity index (χ0n) is 16.2. The van der Waals surface area contributed by atoms with Gasteiger partial charge in [-0.1, -0.05) is 29.3 Å². The van der Waals surface area contributed by atoms with E-state index in [0.29, 0.717) is 0 Å². The molecule has 0 atom stereocenters. The Labute approximate surface area is 157 Å². The van der Waals surface area contributed by atoms with Crippen LogP contribution in [-0.2, 0) is 11.2 Å². The maximum absolute atomic E-state index is 5.52. The second-order valence-electron chi connectivity index (χ2n) is 6.87. The number of aliphatic imine (C=N–C) groups is 1. The molecular weight excluding hydrogens is 330 g/mol. The van der Waals surface area contributed by atoms with Crippen molar-refractivity contribution in [1.82, 2.24) is 10.6 Å². The average Bonchev–Trinajstić information content (AvgIpc) is 2.60. The van der Waals surface area contributed by atoms with Crippen molar-refractivity contribution in [3.8, 4) is 0 Å². The van der Waals surface area contributed by atoms with Crippen LogP contribution >= 0.6 is 11.8 Å². The number of nitrogens with zero attached hydrogens (tertiary/aromatic N) is 1. The van der Waals surface area contributed by atoms with E-state index < -0.39 is 0 Å². The normalized spacial score (nSPS) is 17.4. The van der Waals surface area contributed by atoms with Gasteiger partial charge in [-0.3, -0.25) is 4.99 Å². The minimum absolute atomic E-state index is 0.230. The highest BCUT2D eigenvalue weighted by molar-refractivity contribution is 8.00. The molecule has 1 saturated heterocycles. The molecule has 0 unspecified atom stereocenters. The smallest absolute Gasteiger partial charge is 0.191 e. The van der Waals surface area contributed by atoms with E-state index in [2.05, 4.69) is 55.9 Å². The van der Waals surface area contributed by atoms with Gasteiger partial charge in [-0.15, -0.1) is 0 Å². The van der Waals surface area contributed by atoms with E-state index in [4.69, 9.17) is 9.73 Å². The van der Waals surface area contributed by atoms with Gasteiger partial charge in [0.25, 0.3) is 0 Å². The van der Waals surface area contributed by atoms with E-state index in [1.165, 1.54) is 16.7 Å². The summed E-state index contributed by atoms with van der Waals surface area (Å²) >= 11 is 1.93. The third-order valence-electron chi connectivity index (χ3n) is 4.69. The first kappa shape index (κ1) is 20.1. The lowest BCUT2D eigenvalue weighted by Crippen LogP contribution is -2.41. The molecule has 2 rings (SSSR count). The Kier molecular flexibility index (Phi) is 8.10. The molecule has 140 valence electrons. The number of rotatable bonds is 7. The maximum Gasteiger partial charge on any atom is 0.191 e. The van der Waals surface area contributed by atoms with Crippen molar-refractivity contribution >= 4 is 17.7 Å². The molecule has 4 nitrogen and oxygen atoms in total. The Balaban J connectivity index is 1.90. The highest BCUT2D eigenvalue weighted by Crippen LogP contribution is 2.33. The van der Waals surface area contributed by atoms with E-state index >= 15 is 0 Å². The number of hydrogen-bond acceptors (Lipinski definition) is 3. The maximum atomic E-state index is 5.52. The topological polar surface area (TPSA) is 45.7 Å². The van der Waals surface area contributed by atoms with Crippen LogP contribution in [0.2, 0.25) is 0 Å². The zero-order valence-corrected chi connectivity index (χ0v) is 17.0. The van der Waals surface area contributed by atoms with Crippen LogP contribution in [0.5, 0.6) is 0 Å². The molecule has 0 spiro atoms. The number of nitrogens with one attached hydrogen (secondary N) is 2. The first-order valence-electron chi connectivity index (χ1n) is 9.29. The summed E-state index contributed by atoms with van der Waals surface area (Å²) in [6.07, 6.45) is 5.37. The Bertz CT molecular complexity index is 548. The van der Waals surface area contributed by atoms with E-state index in [1.807, 2.05) is 11.8 Å². The molecule has 2 N–H and O–H groups in total. The fourth-order valence-corrected chi connectivity index (χ4v) is 4.04. The molecule has 25 heavy (non-hydrogen) atoms. The van der Waals surface area contributed by atoms with Crippen LogP contribution in [0, 0.1) is 13.8 Å². The highest BCUT2D eigenvalue weighted by atomic mass is 32.2. The quantitative estimate of drug-likeness (QED) is 0.576. The van der Waals surface area contributed by atoms with Crippen LogP contribution < -0.4 is 10.6 Å². The molecule has 0 saturated carbocycles. The van der Waals surface area contributed by atoms with Gasteiger partial charge in [0, 0.05) is 31.1 Å². The molecule has 0 radical (unpaired) electrons. The van der Waals surface area contributed by atoms with E-state index in [0.717, 1.165) is 58.1 Å². The zero-order chi connectivity index (χ0) is 18.1. The molecule has 1 aliphatic rings. The molecule has 1 aliphatic heterocycles. The summed E-state index contributed by atoms with van der Waals surface area (Å²) in [5, 5.41) is 6.86. The van der Waals surface area contributed by atoms with Gasteiger partial charge in [-0.2, -0.15) is 11.8 Å². The van der Waals surface area contributed by atoms with Crippen LogP contribution in [-0.4, -0.2) is 49.8 Å². The van der Waals surface area contributed by atoms with Crippen molar-refractivity contribution in [3.05, 3.63) is 34.9 Å².